The van der Waals surface area contributed by atoms with Crippen LogP contribution in [0.1, 0.15) is 18.1 Å². The first-order chi connectivity index (χ1) is 11.1. The SMILES string of the molecule is CC(/C=C1\N=C(c2ccc(Cl)cc2)OC1=O)=C\c1ccccc1. The van der Waals surface area contributed by atoms with Crippen LogP contribution in [0.3, 0.4) is 0 Å². The minimum Gasteiger partial charge on any atom is -0.402 e. The zero-order valence-corrected chi connectivity index (χ0v) is 13.2. The van der Waals surface area contributed by atoms with Crippen LogP contribution in [0.25, 0.3) is 6.08 Å². The fraction of sp³-hybridized carbons (Fsp3) is 0.0526. The second-order valence-electron chi connectivity index (χ2n) is 5.14. The molecule has 3 rings (SSSR count). The molecule has 0 unspecified atom stereocenters. The van der Waals surface area contributed by atoms with Crippen molar-refractivity contribution in [3.8, 4) is 0 Å². The molecule has 0 atom stereocenters. The summed E-state index contributed by atoms with van der Waals surface area (Å²) in [5, 5.41) is 0.621. The molecule has 2 aromatic carbocycles. The summed E-state index contributed by atoms with van der Waals surface area (Å²) < 4.78 is 5.22. The molecule has 0 spiro atoms. The Morgan fingerprint density at radius 2 is 1.78 bits per heavy atom. The molecule has 4 heteroatoms. The van der Waals surface area contributed by atoms with Crippen molar-refractivity contribution in [1.29, 1.82) is 0 Å². The highest BCUT2D eigenvalue weighted by Crippen LogP contribution is 2.20. The number of allylic oxidation sites excluding steroid dienone is 2. The van der Waals surface area contributed by atoms with Crippen molar-refractivity contribution < 1.29 is 9.53 Å². The zero-order chi connectivity index (χ0) is 16.2. The first-order valence-electron chi connectivity index (χ1n) is 7.14. The molecule has 1 aliphatic heterocycles. The molecule has 114 valence electrons. The van der Waals surface area contributed by atoms with E-state index < -0.39 is 5.97 Å². The van der Waals surface area contributed by atoms with E-state index >= 15 is 0 Å². The molecular formula is C19H14ClNO2. The number of benzene rings is 2. The van der Waals surface area contributed by atoms with Crippen LogP contribution in [0.2, 0.25) is 5.02 Å². The van der Waals surface area contributed by atoms with E-state index in [4.69, 9.17) is 16.3 Å². The Labute approximate surface area is 139 Å². The lowest BCUT2D eigenvalue weighted by Crippen LogP contribution is -2.05. The first-order valence-corrected chi connectivity index (χ1v) is 7.51. The van der Waals surface area contributed by atoms with Crippen molar-refractivity contribution in [3.63, 3.8) is 0 Å². The van der Waals surface area contributed by atoms with Gasteiger partial charge in [-0.3, -0.25) is 0 Å². The topological polar surface area (TPSA) is 38.7 Å². The van der Waals surface area contributed by atoms with Gasteiger partial charge < -0.3 is 4.74 Å². The largest absolute Gasteiger partial charge is 0.402 e. The first kappa shape index (κ1) is 15.3. The summed E-state index contributed by atoms with van der Waals surface area (Å²) in [7, 11) is 0. The van der Waals surface area contributed by atoms with Crippen molar-refractivity contribution in [2.24, 2.45) is 4.99 Å². The predicted molar refractivity (Wildman–Crippen MR) is 92.3 cm³/mol. The fourth-order valence-electron chi connectivity index (χ4n) is 2.19. The van der Waals surface area contributed by atoms with Gasteiger partial charge >= 0.3 is 5.97 Å². The van der Waals surface area contributed by atoms with E-state index in [2.05, 4.69) is 4.99 Å². The van der Waals surface area contributed by atoms with Gasteiger partial charge in [0.1, 0.15) is 0 Å². The smallest absolute Gasteiger partial charge is 0.363 e. The number of aliphatic imine (C=N–C) groups is 1. The van der Waals surface area contributed by atoms with Crippen LogP contribution in [0.4, 0.5) is 0 Å². The molecule has 0 N–H and O–H groups in total. The van der Waals surface area contributed by atoms with E-state index in [1.807, 2.05) is 43.3 Å². The van der Waals surface area contributed by atoms with E-state index in [0.29, 0.717) is 16.6 Å². The fourth-order valence-corrected chi connectivity index (χ4v) is 2.32. The predicted octanol–water partition coefficient (Wildman–Crippen LogP) is 4.63. The van der Waals surface area contributed by atoms with Crippen LogP contribution in [-0.2, 0) is 9.53 Å². The Morgan fingerprint density at radius 3 is 2.48 bits per heavy atom. The van der Waals surface area contributed by atoms with Crippen LogP contribution in [0.5, 0.6) is 0 Å². The molecule has 1 heterocycles. The number of halogens is 1. The minimum atomic E-state index is -0.448. The number of carbonyl (C=O) groups is 1. The van der Waals surface area contributed by atoms with E-state index in [0.717, 1.165) is 16.7 Å². The monoisotopic (exact) mass is 323 g/mol. The zero-order valence-electron chi connectivity index (χ0n) is 12.5. The quantitative estimate of drug-likeness (QED) is 0.610. The maximum absolute atomic E-state index is 12.0. The summed E-state index contributed by atoms with van der Waals surface area (Å²) in [5.74, 6) is -0.152. The maximum atomic E-state index is 12.0. The third-order valence-electron chi connectivity index (χ3n) is 3.27. The van der Waals surface area contributed by atoms with Gasteiger partial charge in [0.15, 0.2) is 5.70 Å². The molecule has 0 fully saturated rings. The van der Waals surface area contributed by atoms with E-state index in [9.17, 15) is 4.79 Å². The average molecular weight is 324 g/mol. The van der Waals surface area contributed by atoms with Gasteiger partial charge in [-0.25, -0.2) is 9.79 Å². The number of rotatable bonds is 3. The van der Waals surface area contributed by atoms with Gasteiger partial charge in [0.25, 0.3) is 0 Å². The van der Waals surface area contributed by atoms with Gasteiger partial charge in [-0.1, -0.05) is 48.0 Å². The molecule has 0 saturated heterocycles. The number of hydrogen-bond donors (Lipinski definition) is 0. The van der Waals surface area contributed by atoms with Crippen LogP contribution in [0, 0.1) is 0 Å². The number of carbonyl (C=O) groups excluding carboxylic acids is 1. The van der Waals surface area contributed by atoms with Crippen molar-refractivity contribution in [3.05, 3.63) is 88.1 Å². The molecule has 0 bridgehead atoms. The van der Waals surface area contributed by atoms with Crippen molar-refractivity contribution in [2.45, 2.75) is 6.92 Å². The van der Waals surface area contributed by atoms with Crippen LogP contribution in [0.15, 0.2) is 76.9 Å². The summed E-state index contributed by atoms with van der Waals surface area (Å²) in [4.78, 5) is 16.2. The second kappa shape index (κ2) is 6.63. The van der Waals surface area contributed by atoms with Gasteiger partial charge in [-0.15, -0.1) is 0 Å². The Hall–Kier alpha value is -2.65. The molecule has 23 heavy (non-hydrogen) atoms. The number of cyclic esters (lactones) is 1. The van der Waals surface area contributed by atoms with Gasteiger partial charge in [-0.05, 0) is 48.4 Å². The second-order valence-corrected chi connectivity index (χ2v) is 5.58. The molecule has 3 nitrogen and oxygen atoms in total. The van der Waals surface area contributed by atoms with Crippen LogP contribution < -0.4 is 0 Å². The van der Waals surface area contributed by atoms with Gasteiger partial charge in [0, 0.05) is 10.6 Å². The summed E-state index contributed by atoms with van der Waals surface area (Å²) in [6.07, 6.45) is 3.70. The van der Waals surface area contributed by atoms with Crippen molar-refractivity contribution >= 4 is 29.5 Å². The lowest BCUT2D eigenvalue weighted by atomic mass is 10.1. The Morgan fingerprint density at radius 1 is 1.09 bits per heavy atom. The van der Waals surface area contributed by atoms with Crippen LogP contribution in [-0.4, -0.2) is 11.9 Å². The Balaban J connectivity index is 1.86. The molecule has 0 aliphatic carbocycles. The standard InChI is InChI=1S/C19H14ClNO2/c1-13(11-14-5-3-2-4-6-14)12-17-19(22)23-18(21-17)15-7-9-16(20)10-8-15/h2-12H,1H3/b13-11+,17-12-. The molecule has 1 aliphatic rings. The highest BCUT2D eigenvalue weighted by atomic mass is 35.5. The highest BCUT2D eigenvalue weighted by Gasteiger charge is 2.23. The Bertz CT molecular complexity index is 818. The van der Waals surface area contributed by atoms with Crippen LogP contribution >= 0.6 is 11.6 Å². The number of nitrogens with zero attached hydrogens (tertiary/aromatic N) is 1. The normalized spacial score (nSPS) is 16.4. The van der Waals surface area contributed by atoms with Gasteiger partial charge in [-0.2, -0.15) is 0 Å². The third kappa shape index (κ3) is 3.76. The molecule has 0 radical (unpaired) electrons. The third-order valence-corrected chi connectivity index (χ3v) is 3.52. The van der Waals surface area contributed by atoms with Crippen molar-refractivity contribution in [1.82, 2.24) is 0 Å². The number of ether oxygens (including phenoxy) is 1. The molecule has 0 aromatic heterocycles. The molecule has 0 amide bonds. The highest BCUT2D eigenvalue weighted by molar-refractivity contribution is 6.30. The van der Waals surface area contributed by atoms with E-state index in [1.54, 1.807) is 30.3 Å². The van der Waals surface area contributed by atoms with E-state index in [-0.39, 0.29) is 0 Å². The average Bonchev–Trinajstić information content (AvgIpc) is 2.90. The Kier molecular flexibility index (Phi) is 4.40. The molecule has 0 saturated carbocycles. The lowest BCUT2D eigenvalue weighted by molar-refractivity contribution is -0.130. The lowest BCUT2D eigenvalue weighted by Gasteiger charge is -1.98. The molecular weight excluding hydrogens is 310 g/mol. The minimum absolute atomic E-state index is 0.291. The number of esters is 1. The van der Waals surface area contributed by atoms with Gasteiger partial charge in [0.05, 0.1) is 0 Å². The summed E-state index contributed by atoms with van der Waals surface area (Å²) in [6, 6.07) is 16.9. The van der Waals surface area contributed by atoms with Crippen molar-refractivity contribution in [2.75, 3.05) is 0 Å². The maximum Gasteiger partial charge on any atom is 0.363 e. The summed E-state index contributed by atoms with van der Waals surface area (Å²) in [6.45, 7) is 1.92. The molecule has 2 aromatic rings. The summed E-state index contributed by atoms with van der Waals surface area (Å²) >= 11 is 5.86. The van der Waals surface area contributed by atoms with E-state index in [1.165, 1.54) is 0 Å². The number of hydrogen-bond acceptors (Lipinski definition) is 3. The summed E-state index contributed by atoms with van der Waals surface area (Å²) in [5.41, 5.74) is 3.00. The van der Waals surface area contributed by atoms with Gasteiger partial charge in [0.2, 0.25) is 5.90 Å².